The minimum absolute atomic E-state index is 0.0940. The van der Waals surface area contributed by atoms with E-state index in [1.165, 1.54) is 18.3 Å². The molecule has 25 heavy (non-hydrogen) atoms. The molecule has 0 saturated carbocycles. The number of aliphatic hydroxyl groups excluding tert-OH is 1. The zero-order valence-corrected chi connectivity index (χ0v) is 13.6. The SMILES string of the molecule is O=C(NC[C@]1(O)CN(Cc2cccc(F)c2)C[C@H]1O)c1ccccn1. The number of nitrogens with one attached hydrogen (secondary N) is 1. The van der Waals surface area contributed by atoms with Gasteiger partial charge in [-0.2, -0.15) is 0 Å². The Labute approximate surface area is 144 Å². The van der Waals surface area contributed by atoms with Gasteiger partial charge in [0.1, 0.15) is 17.1 Å². The molecule has 132 valence electrons. The van der Waals surface area contributed by atoms with Crippen LogP contribution < -0.4 is 5.32 Å². The van der Waals surface area contributed by atoms with E-state index in [1.807, 2.05) is 4.90 Å². The number of pyridine rings is 1. The first-order valence-electron chi connectivity index (χ1n) is 8.03. The smallest absolute Gasteiger partial charge is 0.269 e. The summed E-state index contributed by atoms with van der Waals surface area (Å²) in [7, 11) is 0. The Morgan fingerprint density at radius 1 is 1.36 bits per heavy atom. The number of β-amino-alcohol motifs (C(OH)–C–C–N with tert-alkyl or cyclic N) is 2. The zero-order valence-electron chi connectivity index (χ0n) is 13.6. The van der Waals surface area contributed by atoms with Crippen LogP contribution in [0.1, 0.15) is 16.1 Å². The Balaban J connectivity index is 1.59. The molecule has 0 bridgehead atoms. The van der Waals surface area contributed by atoms with Crippen molar-refractivity contribution in [2.45, 2.75) is 18.2 Å². The van der Waals surface area contributed by atoms with Crippen LogP contribution in [0.4, 0.5) is 4.39 Å². The Kier molecular flexibility index (Phi) is 5.08. The van der Waals surface area contributed by atoms with Crippen molar-refractivity contribution in [2.24, 2.45) is 0 Å². The second kappa shape index (κ2) is 7.26. The molecule has 1 saturated heterocycles. The molecule has 3 N–H and O–H groups in total. The average Bonchev–Trinajstić information content (AvgIpc) is 2.87. The van der Waals surface area contributed by atoms with Crippen molar-refractivity contribution in [1.82, 2.24) is 15.2 Å². The number of likely N-dealkylation sites (tertiary alicyclic amines) is 1. The van der Waals surface area contributed by atoms with E-state index in [4.69, 9.17) is 0 Å². The fourth-order valence-electron chi connectivity index (χ4n) is 2.98. The first-order valence-corrected chi connectivity index (χ1v) is 8.03. The number of aliphatic hydroxyl groups is 2. The van der Waals surface area contributed by atoms with Crippen LogP contribution in [-0.2, 0) is 6.54 Å². The molecule has 7 heteroatoms. The predicted molar refractivity (Wildman–Crippen MR) is 89.2 cm³/mol. The van der Waals surface area contributed by atoms with Crippen LogP contribution in [0.5, 0.6) is 0 Å². The van der Waals surface area contributed by atoms with Crippen LogP contribution in [0, 0.1) is 5.82 Å². The molecule has 1 aromatic heterocycles. The molecule has 1 amide bonds. The van der Waals surface area contributed by atoms with Crippen molar-refractivity contribution in [1.29, 1.82) is 0 Å². The lowest BCUT2D eigenvalue weighted by molar-refractivity contribution is -0.0377. The van der Waals surface area contributed by atoms with Gasteiger partial charge >= 0.3 is 0 Å². The van der Waals surface area contributed by atoms with Gasteiger partial charge < -0.3 is 15.5 Å². The van der Waals surface area contributed by atoms with Gasteiger partial charge in [0.15, 0.2) is 0 Å². The fraction of sp³-hybridized carbons (Fsp3) is 0.333. The van der Waals surface area contributed by atoms with Gasteiger partial charge in [0.05, 0.1) is 12.6 Å². The van der Waals surface area contributed by atoms with E-state index in [0.717, 1.165) is 5.56 Å². The van der Waals surface area contributed by atoms with Crippen LogP contribution in [0.3, 0.4) is 0 Å². The number of rotatable bonds is 5. The number of hydrogen-bond donors (Lipinski definition) is 3. The molecule has 0 spiro atoms. The molecule has 2 aromatic rings. The molecule has 6 nitrogen and oxygen atoms in total. The second-order valence-electron chi connectivity index (χ2n) is 6.32. The number of carbonyl (C=O) groups excluding carboxylic acids is 1. The standard InChI is InChI=1S/C18H20FN3O3/c19-14-5-3-4-13(8-14)9-22-10-16(23)18(25,12-22)11-21-17(24)15-6-1-2-7-20-15/h1-8,16,23,25H,9-12H2,(H,21,24)/t16-,18+/m1/s1. The normalized spacial score (nSPS) is 23.6. The molecular weight excluding hydrogens is 325 g/mol. The van der Waals surface area contributed by atoms with Gasteiger partial charge in [0.2, 0.25) is 0 Å². The van der Waals surface area contributed by atoms with Crippen molar-refractivity contribution in [3.63, 3.8) is 0 Å². The highest BCUT2D eigenvalue weighted by atomic mass is 19.1. The lowest BCUT2D eigenvalue weighted by Gasteiger charge is -2.26. The van der Waals surface area contributed by atoms with E-state index < -0.39 is 17.6 Å². The van der Waals surface area contributed by atoms with Gasteiger partial charge in [-0.1, -0.05) is 18.2 Å². The zero-order chi connectivity index (χ0) is 17.9. The maximum Gasteiger partial charge on any atom is 0.269 e. The van der Waals surface area contributed by atoms with Gasteiger partial charge in [-0.25, -0.2) is 4.39 Å². The number of carbonyl (C=O) groups is 1. The highest BCUT2D eigenvalue weighted by molar-refractivity contribution is 5.92. The van der Waals surface area contributed by atoms with E-state index in [9.17, 15) is 19.4 Å². The summed E-state index contributed by atoms with van der Waals surface area (Å²) in [5.41, 5.74) is -0.457. The minimum Gasteiger partial charge on any atom is -0.389 e. The fourth-order valence-corrected chi connectivity index (χ4v) is 2.98. The molecule has 1 aliphatic rings. The van der Waals surface area contributed by atoms with E-state index in [-0.39, 0.29) is 31.1 Å². The van der Waals surface area contributed by atoms with Crippen molar-refractivity contribution in [3.8, 4) is 0 Å². The highest BCUT2D eigenvalue weighted by Crippen LogP contribution is 2.23. The summed E-state index contributed by atoms with van der Waals surface area (Å²) in [6.07, 6.45) is 0.500. The van der Waals surface area contributed by atoms with E-state index in [2.05, 4.69) is 10.3 Å². The summed E-state index contributed by atoms with van der Waals surface area (Å²) < 4.78 is 13.3. The van der Waals surface area contributed by atoms with Crippen molar-refractivity contribution >= 4 is 5.91 Å². The Morgan fingerprint density at radius 2 is 2.20 bits per heavy atom. The molecule has 2 heterocycles. The Hall–Kier alpha value is -2.35. The van der Waals surface area contributed by atoms with Crippen molar-refractivity contribution in [3.05, 3.63) is 65.7 Å². The largest absolute Gasteiger partial charge is 0.389 e. The monoisotopic (exact) mass is 345 g/mol. The quantitative estimate of drug-likeness (QED) is 0.737. The third-order valence-corrected chi connectivity index (χ3v) is 4.30. The summed E-state index contributed by atoms with van der Waals surface area (Å²) in [5, 5.41) is 23.5. The second-order valence-corrected chi connectivity index (χ2v) is 6.32. The van der Waals surface area contributed by atoms with Gasteiger partial charge in [-0.05, 0) is 29.8 Å². The maximum atomic E-state index is 13.3. The molecule has 0 radical (unpaired) electrons. The average molecular weight is 345 g/mol. The highest BCUT2D eigenvalue weighted by Gasteiger charge is 2.44. The summed E-state index contributed by atoms with van der Waals surface area (Å²) in [6, 6.07) is 11.2. The molecule has 1 fully saturated rings. The summed E-state index contributed by atoms with van der Waals surface area (Å²) in [5.74, 6) is -0.736. The first kappa shape index (κ1) is 17.5. The van der Waals surface area contributed by atoms with E-state index in [0.29, 0.717) is 6.54 Å². The number of nitrogens with zero attached hydrogens (tertiary/aromatic N) is 2. The Bertz CT molecular complexity index is 743. The molecule has 0 unspecified atom stereocenters. The molecule has 1 aromatic carbocycles. The lowest BCUT2D eigenvalue weighted by Crippen LogP contribution is -2.51. The predicted octanol–water partition coefficient (Wildman–Crippen LogP) is 0.558. The van der Waals surface area contributed by atoms with Gasteiger partial charge in [0, 0.05) is 25.8 Å². The van der Waals surface area contributed by atoms with E-state index >= 15 is 0 Å². The summed E-state index contributed by atoms with van der Waals surface area (Å²) >= 11 is 0. The number of benzene rings is 1. The lowest BCUT2D eigenvalue weighted by atomic mass is 10.0. The molecular formula is C18H20FN3O3. The van der Waals surface area contributed by atoms with Crippen LogP contribution in [-0.4, -0.2) is 57.3 Å². The summed E-state index contributed by atoms with van der Waals surface area (Å²) in [6.45, 7) is 0.730. The number of halogens is 1. The van der Waals surface area contributed by atoms with Gasteiger partial charge in [-0.3, -0.25) is 14.7 Å². The van der Waals surface area contributed by atoms with Crippen molar-refractivity contribution < 1.29 is 19.4 Å². The first-order chi connectivity index (χ1) is 12.0. The third kappa shape index (κ3) is 4.19. The van der Waals surface area contributed by atoms with Crippen LogP contribution in [0.25, 0.3) is 0 Å². The number of aromatic nitrogens is 1. The van der Waals surface area contributed by atoms with E-state index in [1.54, 1.807) is 30.3 Å². The number of amides is 1. The molecule has 1 aliphatic heterocycles. The van der Waals surface area contributed by atoms with Gasteiger partial charge in [-0.15, -0.1) is 0 Å². The van der Waals surface area contributed by atoms with Crippen LogP contribution in [0.2, 0.25) is 0 Å². The van der Waals surface area contributed by atoms with Crippen LogP contribution in [0.15, 0.2) is 48.7 Å². The van der Waals surface area contributed by atoms with Crippen LogP contribution >= 0.6 is 0 Å². The Morgan fingerprint density at radius 3 is 2.92 bits per heavy atom. The van der Waals surface area contributed by atoms with Gasteiger partial charge in [0.25, 0.3) is 5.91 Å². The molecule has 3 rings (SSSR count). The maximum absolute atomic E-state index is 13.3. The van der Waals surface area contributed by atoms with Crippen molar-refractivity contribution in [2.75, 3.05) is 19.6 Å². The third-order valence-electron chi connectivity index (χ3n) is 4.30. The minimum atomic E-state index is -1.46. The topological polar surface area (TPSA) is 85.7 Å². The molecule has 0 aliphatic carbocycles. The number of hydrogen-bond acceptors (Lipinski definition) is 5. The summed E-state index contributed by atoms with van der Waals surface area (Å²) in [4.78, 5) is 17.8. The molecule has 2 atom stereocenters.